The van der Waals surface area contributed by atoms with E-state index in [0.717, 1.165) is 6.21 Å². The second-order valence-corrected chi connectivity index (χ2v) is 7.03. The number of benzene rings is 1. The zero-order valence-corrected chi connectivity index (χ0v) is 15.8. The Morgan fingerprint density at radius 3 is 2.87 bits per heavy atom. The van der Waals surface area contributed by atoms with Crippen molar-refractivity contribution in [1.29, 1.82) is 5.41 Å². The highest BCUT2D eigenvalue weighted by molar-refractivity contribution is 14.2. The molecule has 0 saturated heterocycles. The highest BCUT2D eigenvalue weighted by Gasteiger charge is 2.22. The van der Waals surface area contributed by atoms with Gasteiger partial charge in [-0.25, -0.2) is 9.37 Å². The number of nitrogen functional groups attached to an aromatic ring is 1. The van der Waals surface area contributed by atoms with E-state index in [1.54, 1.807) is 6.92 Å². The predicted octanol–water partition coefficient (Wildman–Crippen LogP) is 4.35. The standard InChI is InChI=1S/C14H12ClFIN4OP/c1-6-9(15)5-20-13(11(6)19)14(22)7-2-3-10(16)12(21-23-17)8(7)4-18/h2-5,18,21,23H,19H2,1H3. The molecule has 4 N–H and O–H groups in total. The molecule has 9 heteroatoms. The molecule has 0 spiro atoms. The number of anilines is 2. The van der Waals surface area contributed by atoms with E-state index < -0.39 is 11.6 Å². The van der Waals surface area contributed by atoms with E-state index in [-0.39, 0.29) is 34.6 Å². The molecule has 0 aliphatic carbocycles. The van der Waals surface area contributed by atoms with E-state index in [1.165, 1.54) is 18.3 Å². The average molecular weight is 465 g/mol. The minimum Gasteiger partial charge on any atom is -0.397 e. The van der Waals surface area contributed by atoms with Gasteiger partial charge in [-0.1, -0.05) is 11.6 Å². The molecule has 0 radical (unpaired) electrons. The van der Waals surface area contributed by atoms with Crippen LogP contribution in [0.3, 0.4) is 0 Å². The number of halogens is 3. The van der Waals surface area contributed by atoms with Crippen LogP contribution in [0.1, 0.15) is 27.2 Å². The lowest BCUT2D eigenvalue weighted by molar-refractivity contribution is 0.103. The van der Waals surface area contributed by atoms with Crippen molar-refractivity contribution in [2.24, 2.45) is 0 Å². The summed E-state index contributed by atoms with van der Waals surface area (Å²) in [7, 11) is 0. The maximum Gasteiger partial charge on any atom is 0.214 e. The van der Waals surface area contributed by atoms with Gasteiger partial charge in [0.25, 0.3) is 0 Å². The number of nitrogens with zero attached hydrogens (tertiary/aromatic N) is 1. The molecule has 1 aromatic carbocycles. The number of aromatic nitrogens is 1. The Morgan fingerprint density at radius 1 is 1.57 bits per heavy atom. The Kier molecular flexibility index (Phi) is 5.89. The average Bonchev–Trinajstić information content (AvgIpc) is 2.54. The van der Waals surface area contributed by atoms with E-state index in [1.807, 2.05) is 22.0 Å². The molecule has 5 nitrogen and oxygen atoms in total. The van der Waals surface area contributed by atoms with Crippen LogP contribution in [0.25, 0.3) is 0 Å². The van der Waals surface area contributed by atoms with Crippen LogP contribution < -0.4 is 10.8 Å². The smallest absolute Gasteiger partial charge is 0.214 e. The SMILES string of the molecule is Cc1c(Cl)cnc(C(=O)c2ccc(F)c(NPI)c2C=N)c1N. The number of ketones is 1. The molecule has 23 heavy (non-hydrogen) atoms. The van der Waals surface area contributed by atoms with Crippen LogP contribution in [0, 0.1) is 18.2 Å². The third kappa shape index (κ3) is 3.46. The van der Waals surface area contributed by atoms with Crippen molar-refractivity contribution in [3.05, 3.63) is 51.6 Å². The van der Waals surface area contributed by atoms with Gasteiger partial charge in [0.2, 0.25) is 5.78 Å². The Morgan fingerprint density at radius 2 is 2.26 bits per heavy atom. The summed E-state index contributed by atoms with van der Waals surface area (Å²) < 4.78 is 13.9. The first-order valence-corrected chi connectivity index (χ1v) is 10.8. The fraction of sp³-hybridized carbons (Fsp3) is 0.0714. The highest BCUT2D eigenvalue weighted by atomic mass is 127. The molecule has 2 aromatic rings. The Labute approximate surface area is 152 Å². The highest BCUT2D eigenvalue weighted by Crippen LogP contribution is 2.32. The number of carbonyl (C=O) groups excluding carboxylic acids is 1. The molecule has 1 heterocycles. The lowest BCUT2D eigenvalue weighted by atomic mass is 9.98. The van der Waals surface area contributed by atoms with Crippen LogP contribution in [-0.2, 0) is 0 Å². The number of nitrogens with one attached hydrogen (secondary N) is 2. The van der Waals surface area contributed by atoms with E-state index >= 15 is 0 Å². The summed E-state index contributed by atoms with van der Waals surface area (Å²) in [4.78, 5) is 16.7. The molecule has 120 valence electrons. The van der Waals surface area contributed by atoms with Gasteiger partial charge >= 0.3 is 0 Å². The van der Waals surface area contributed by atoms with E-state index in [9.17, 15) is 9.18 Å². The third-order valence-corrected chi connectivity index (χ3v) is 4.83. The number of pyridine rings is 1. The molecule has 1 unspecified atom stereocenters. The van der Waals surface area contributed by atoms with Gasteiger partial charge in [0.05, 0.1) is 16.4 Å². The normalized spacial score (nSPS) is 11.0. The zero-order valence-electron chi connectivity index (χ0n) is 11.9. The largest absolute Gasteiger partial charge is 0.397 e. The van der Waals surface area contributed by atoms with Gasteiger partial charge in [-0.2, -0.15) is 0 Å². The van der Waals surface area contributed by atoms with Crippen molar-refractivity contribution in [3.63, 3.8) is 0 Å². The third-order valence-electron chi connectivity index (χ3n) is 3.30. The van der Waals surface area contributed by atoms with Crippen LogP contribution in [0.2, 0.25) is 5.02 Å². The molecule has 0 saturated carbocycles. The van der Waals surface area contributed by atoms with Crippen LogP contribution >= 0.6 is 40.0 Å². The van der Waals surface area contributed by atoms with E-state index in [4.69, 9.17) is 22.7 Å². The molecule has 0 aliphatic rings. The maximum atomic E-state index is 13.9. The van der Waals surface area contributed by atoms with Gasteiger partial charge in [0, 0.05) is 29.9 Å². The summed E-state index contributed by atoms with van der Waals surface area (Å²) in [5, 5.41) is 10.7. The van der Waals surface area contributed by atoms with Crippen LogP contribution in [0.4, 0.5) is 15.8 Å². The molecular weight excluding hydrogens is 453 g/mol. The van der Waals surface area contributed by atoms with Gasteiger partial charge in [-0.05, 0) is 46.7 Å². The lowest BCUT2D eigenvalue weighted by Gasteiger charge is -2.13. The van der Waals surface area contributed by atoms with E-state index in [2.05, 4.69) is 10.1 Å². The van der Waals surface area contributed by atoms with Crippen molar-refractivity contribution in [1.82, 2.24) is 4.98 Å². The van der Waals surface area contributed by atoms with Crippen LogP contribution in [0.5, 0.6) is 0 Å². The predicted molar refractivity (Wildman–Crippen MR) is 102 cm³/mol. The second kappa shape index (κ2) is 7.51. The summed E-state index contributed by atoms with van der Waals surface area (Å²) in [6.45, 7) is 1.68. The number of hydrogen-bond donors (Lipinski definition) is 3. The first-order valence-electron chi connectivity index (χ1n) is 6.32. The molecule has 0 amide bonds. The second-order valence-electron chi connectivity index (χ2n) is 4.57. The van der Waals surface area contributed by atoms with Crippen LogP contribution in [0.15, 0.2) is 18.3 Å². The first kappa shape index (κ1) is 18.0. The minimum absolute atomic E-state index is 0.0319. The Balaban J connectivity index is 2.63. The van der Waals surface area contributed by atoms with Gasteiger partial charge in [-0.15, -0.1) is 0 Å². The molecular formula is C14H12ClFIN4OP. The number of hydrogen-bond acceptors (Lipinski definition) is 5. The van der Waals surface area contributed by atoms with Crippen molar-refractivity contribution in [3.8, 4) is 0 Å². The summed E-state index contributed by atoms with van der Waals surface area (Å²) >= 11 is 7.97. The zero-order chi connectivity index (χ0) is 17.1. The first-order chi connectivity index (χ1) is 10.9. The molecule has 0 fully saturated rings. The van der Waals surface area contributed by atoms with Crippen molar-refractivity contribution in [2.45, 2.75) is 6.92 Å². The topological polar surface area (TPSA) is 91.9 Å². The summed E-state index contributed by atoms with van der Waals surface area (Å²) in [6.07, 6.45) is 2.47. The van der Waals surface area contributed by atoms with Crippen molar-refractivity contribution < 1.29 is 9.18 Å². The summed E-state index contributed by atoms with van der Waals surface area (Å²) in [5.74, 6) is -1.02. The quantitative estimate of drug-likeness (QED) is 0.266. The van der Waals surface area contributed by atoms with E-state index in [0.29, 0.717) is 10.6 Å². The Bertz CT molecular complexity index is 803. The molecule has 1 atom stereocenters. The minimum atomic E-state index is -0.530. The Hall–Kier alpha value is -1.31. The van der Waals surface area contributed by atoms with Gasteiger partial charge in [0.1, 0.15) is 11.5 Å². The van der Waals surface area contributed by atoms with Gasteiger partial charge in [-0.3, -0.25) is 4.79 Å². The number of carbonyl (C=O) groups is 1. The maximum absolute atomic E-state index is 13.9. The van der Waals surface area contributed by atoms with Gasteiger partial charge in [0.15, 0.2) is 0 Å². The molecule has 1 aromatic heterocycles. The fourth-order valence-corrected chi connectivity index (χ4v) is 3.33. The van der Waals surface area contributed by atoms with Crippen molar-refractivity contribution >= 4 is 63.4 Å². The monoisotopic (exact) mass is 464 g/mol. The lowest BCUT2D eigenvalue weighted by Crippen LogP contribution is -2.13. The van der Waals surface area contributed by atoms with Crippen LogP contribution in [-0.4, -0.2) is 17.0 Å². The van der Waals surface area contributed by atoms with Crippen molar-refractivity contribution in [2.75, 3.05) is 10.8 Å². The molecule has 2 rings (SSSR count). The fourth-order valence-electron chi connectivity index (χ4n) is 2.02. The summed E-state index contributed by atoms with van der Waals surface area (Å²) in [5.41, 5.74) is 7.11. The summed E-state index contributed by atoms with van der Waals surface area (Å²) in [6, 6.07) is 2.50. The molecule has 0 bridgehead atoms. The number of rotatable bonds is 5. The number of nitrogens with two attached hydrogens (primary N) is 1. The molecule has 0 aliphatic heterocycles. The van der Waals surface area contributed by atoms with Gasteiger partial charge < -0.3 is 16.2 Å².